The van der Waals surface area contributed by atoms with E-state index >= 15 is 0 Å². The molecule has 0 atom stereocenters. The van der Waals surface area contributed by atoms with Crippen molar-refractivity contribution in [3.8, 4) is 11.5 Å². The predicted molar refractivity (Wildman–Crippen MR) is 117 cm³/mol. The number of carbonyl (C=O) groups is 1. The molecular weight excluding hydrogens is 390 g/mol. The van der Waals surface area contributed by atoms with Crippen LogP contribution in [0.5, 0.6) is 11.5 Å². The third kappa shape index (κ3) is 5.60. The first-order valence-electron chi connectivity index (χ1n) is 9.44. The summed E-state index contributed by atoms with van der Waals surface area (Å²) in [7, 11) is 0. The summed E-state index contributed by atoms with van der Waals surface area (Å²) in [5.74, 6) is -0.0291. The molecule has 3 aromatic carbocycles. The summed E-state index contributed by atoms with van der Waals surface area (Å²) in [5.41, 5.74) is 6.12. The number of carbonyl (C=O) groups excluding carboxylic acids is 1. The predicted octanol–water partition coefficient (Wildman–Crippen LogP) is 3.77. The highest BCUT2D eigenvalue weighted by atomic mass is 35.5. The van der Waals surface area contributed by atoms with Crippen LogP contribution in [-0.2, 0) is 0 Å². The van der Waals surface area contributed by atoms with Gasteiger partial charge < -0.3 is 26.2 Å². The second-order valence-corrected chi connectivity index (χ2v) is 6.99. The molecule has 0 spiro atoms. The Kier molecular flexibility index (Phi) is 7.30. The number of phenolic OH excluding ortho intramolecular Hbond substituents is 1. The van der Waals surface area contributed by atoms with Gasteiger partial charge in [-0.05, 0) is 48.0 Å². The first-order valence-corrected chi connectivity index (χ1v) is 9.82. The second kappa shape index (κ2) is 10.1. The zero-order valence-corrected chi connectivity index (χ0v) is 16.7. The lowest BCUT2D eigenvalue weighted by molar-refractivity contribution is 0.102. The molecule has 0 radical (unpaired) electrons. The molecule has 0 fully saturated rings. The SMILES string of the molecule is NCCNCCCOc1cc(Cl)ccc1NC(=O)c1cc2ccccc2cc1O. The first kappa shape index (κ1) is 20.9. The van der Waals surface area contributed by atoms with E-state index in [-0.39, 0.29) is 11.3 Å². The standard InChI is InChI=1S/C22H24ClN3O3/c23-17-6-7-19(21(14-17)29-11-3-9-25-10-8-24)26-22(28)18-12-15-4-1-2-5-16(15)13-20(18)27/h1-2,4-7,12-14,25,27H,3,8-11,24H2,(H,26,28). The van der Waals surface area contributed by atoms with E-state index in [2.05, 4.69) is 10.6 Å². The maximum atomic E-state index is 12.8. The van der Waals surface area contributed by atoms with Crippen molar-refractivity contribution >= 4 is 34.0 Å². The molecule has 0 aliphatic rings. The van der Waals surface area contributed by atoms with Crippen molar-refractivity contribution in [3.63, 3.8) is 0 Å². The highest BCUT2D eigenvalue weighted by Gasteiger charge is 2.15. The van der Waals surface area contributed by atoms with E-state index in [0.717, 1.165) is 30.3 Å². The molecule has 0 bridgehead atoms. The number of fused-ring (bicyclic) bond motifs is 1. The van der Waals surface area contributed by atoms with E-state index in [9.17, 15) is 9.90 Å². The van der Waals surface area contributed by atoms with E-state index in [1.807, 2.05) is 24.3 Å². The number of hydrogen-bond acceptors (Lipinski definition) is 5. The van der Waals surface area contributed by atoms with Gasteiger partial charge in [-0.15, -0.1) is 0 Å². The number of benzene rings is 3. The molecule has 0 saturated heterocycles. The van der Waals surface area contributed by atoms with Gasteiger partial charge in [-0.1, -0.05) is 35.9 Å². The first-order chi connectivity index (χ1) is 14.1. The number of rotatable bonds is 9. The van der Waals surface area contributed by atoms with Crippen LogP contribution in [0.3, 0.4) is 0 Å². The number of phenols is 1. The normalized spacial score (nSPS) is 10.8. The molecule has 0 heterocycles. The summed E-state index contributed by atoms with van der Waals surface area (Å²) in [6, 6.07) is 15.8. The molecule has 0 aromatic heterocycles. The maximum absolute atomic E-state index is 12.8. The molecule has 0 saturated carbocycles. The average Bonchev–Trinajstić information content (AvgIpc) is 2.71. The molecule has 0 aliphatic heterocycles. The fraction of sp³-hybridized carbons (Fsp3) is 0.227. The van der Waals surface area contributed by atoms with E-state index in [0.29, 0.717) is 29.6 Å². The summed E-state index contributed by atoms with van der Waals surface area (Å²) >= 11 is 6.08. The van der Waals surface area contributed by atoms with Crippen molar-refractivity contribution in [1.82, 2.24) is 5.32 Å². The summed E-state index contributed by atoms with van der Waals surface area (Å²) in [6.45, 7) is 2.59. The Morgan fingerprint density at radius 2 is 1.83 bits per heavy atom. The molecule has 152 valence electrons. The molecule has 29 heavy (non-hydrogen) atoms. The van der Waals surface area contributed by atoms with Gasteiger partial charge in [0.05, 0.1) is 17.9 Å². The van der Waals surface area contributed by atoms with Gasteiger partial charge in [-0.25, -0.2) is 0 Å². The number of halogens is 1. The molecule has 3 aromatic rings. The molecule has 3 rings (SSSR count). The monoisotopic (exact) mass is 413 g/mol. The van der Waals surface area contributed by atoms with Crippen LogP contribution in [0.2, 0.25) is 5.02 Å². The Morgan fingerprint density at radius 1 is 1.07 bits per heavy atom. The van der Waals surface area contributed by atoms with Crippen LogP contribution in [0.4, 0.5) is 5.69 Å². The van der Waals surface area contributed by atoms with Crippen molar-refractivity contribution < 1.29 is 14.6 Å². The Morgan fingerprint density at radius 3 is 2.59 bits per heavy atom. The Labute approximate surface area is 174 Å². The van der Waals surface area contributed by atoms with Crippen LogP contribution < -0.4 is 21.1 Å². The zero-order valence-electron chi connectivity index (χ0n) is 16.0. The fourth-order valence-corrected chi connectivity index (χ4v) is 3.09. The minimum absolute atomic E-state index is 0.0800. The fourth-order valence-electron chi connectivity index (χ4n) is 2.93. The minimum Gasteiger partial charge on any atom is -0.507 e. The van der Waals surface area contributed by atoms with Crippen molar-refractivity contribution in [2.45, 2.75) is 6.42 Å². The largest absolute Gasteiger partial charge is 0.507 e. The lowest BCUT2D eigenvalue weighted by Crippen LogP contribution is -2.24. The topological polar surface area (TPSA) is 96.6 Å². The number of hydrogen-bond donors (Lipinski definition) is 4. The summed E-state index contributed by atoms with van der Waals surface area (Å²) < 4.78 is 5.80. The van der Waals surface area contributed by atoms with Crippen LogP contribution in [-0.4, -0.2) is 37.3 Å². The molecular formula is C22H24ClN3O3. The highest BCUT2D eigenvalue weighted by Crippen LogP contribution is 2.30. The maximum Gasteiger partial charge on any atom is 0.259 e. The lowest BCUT2D eigenvalue weighted by atomic mass is 10.1. The number of ether oxygens (including phenoxy) is 1. The van der Waals surface area contributed by atoms with Gasteiger partial charge in [-0.3, -0.25) is 4.79 Å². The van der Waals surface area contributed by atoms with Gasteiger partial charge in [0.2, 0.25) is 0 Å². The highest BCUT2D eigenvalue weighted by molar-refractivity contribution is 6.30. The Balaban J connectivity index is 1.72. The number of amides is 1. The van der Waals surface area contributed by atoms with Crippen molar-refractivity contribution in [2.24, 2.45) is 5.73 Å². The number of anilines is 1. The van der Waals surface area contributed by atoms with Crippen molar-refractivity contribution in [1.29, 1.82) is 0 Å². The quantitative estimate of drug-likeness (QED) is 0.400. The van der Waals surface area contributed by atoms with E-state index in [4.69, 9.17) is 22.1 Å². The van der Waals surface area contributed by atoms with E-state index < -0.39 is 5.91 Å². The Bertz CT molecular complexity index is 994. The molecule has 1 amide bonds. The Hall–Kier alpha value is -2.80. The molecule has 0 unspecified atom stereocenters. The van der Waals surface area contributed by atoms with Crippen molar-refractivity contribution in [3.05, 3.63) is 65.2 Å². The van der Waals surface area contributed by atoms with Crippen LogP contribution >= 0.6 is 11.6 Å². The molecule has 5 N–H and O–H groups in total. The summed E-state index contributed by atoms with van der Waals surface area (Å²) in [6.07, 6.45) is 0.783. The van der Waals surface area contributed by atoms with Crippen molar-refractivity contribution in [2.75, 3.05) is 31.6 Å². The minimum atomic E-state index is -0.426. The van der Waals surface area contributed by atoms with Gasteiger partial charge in [0.25, 0.3) is 5.91 Å². The van der Waals surface area contributed by atoms with Gasteiger partial charge in [-0.2, -0.15) is 0 Å². The number of nitrogens with one attached hydrogen (secondary N) is 2. The van der Waals surface area contributed by atoms with Crippen LogP contribution in [0.1, 0.15) is 16.8 Å². The second-order valence-electron chi connectivity index (χ2n) is 6.55. The molecule has 0 aliphatic carbocycles. The van der Waals surface area contributed by atoms with E-state index in [1.165, 1.54) is 0 Å². The van der Waals surface area contributed by atoms with Gasteiger partial charge in [0.15, 0.2) is 0 Å². The number of nitrogens with two attached hydrogens (primary N) is 1. The third-order valence-corrected chi connectivity index (χ3v) is 4.61. The number of aromatic hydroxyl groups is 1. The lowest BCUT2D eigenvalue weighted by Gasteiger charge is -2.14. The summed E-state index contributed by atoms with van der Waals surface area (Å²) in [4.78, 5) is 12.8. The van der Waals surface area contributed by atoms with Crippen LogP contribution in [0.15, 0.2) is 54.6 Å². The summed E-state index contributed by atoms with van der Waals surface area (Å²) in [5, 5.41) is 18.5. The van der Waals surface area contributed by atoms with E-state index in [1.54, 1.807) is 30.3 Å². The smallest absolute Gasteiger partial charge is 0.259 e. The van der Waals surface area contributed by atoms with Crippen LogP contribution in [0, 0.1) is 0 Å². The zero-order chi connectivity index (χ0) is 20.6. The third-order valence-electron chi connectivity index (χ3n) is 4.38. The average molecular weight is 414 g/mol. The van der Waals surface area contributed by atoms with Crippen LogP contribution in [0.25, 0.3) is 10.8 Å². The van der Waals surface area contributed by atoms with Gasteiger partial charge in [0.1, 0.15) is 11.5 Å². The molecule has 7 heteroatoms. The molecule has 6 nitrogen and oxygen atoms in total. The van der Waals surface area contributed by atoms with Gasteiger partial charge >= 0.3 is 0 Å². The van der Waals surface area contributed by atoms with Gasteiger partial charge in [0, 0.05) is 24.2 Å².